The molecule has 2 heteroatoms. The fourth-order valence-corrected chi connectivity index (χ4v) is 2.51. The molecule has 2 nitrogen and oxygen atoms in total. The van der Waals surface area contributed by atoms with Gasteiger partial charge in [0.05, 0.1) is 0 Å². The fourth-order valence-electron chi connectivity index (χ4n) is 2.51. The Kier molecular flexibility index (Phi) is 3.75. The third-order valence-electron chi connectivity index (χ3n) is 3.65. The molecule has 0 amide bonds. The molecule has 100 valence electrons. The first-order chi connectivity index (χ1) is 9.84. The predicted octanol–water partition coefficient (Wildman–Crippen LogP) is 4.09. The molecule has 0 unspecified atom stereocenters. The second-order valence-corrected chi connectivity index (χ2v) is 5.03. The van der Waals surface area contributed by atoms with Crippen LogP contribution in [0.3, 0.4) is 0 Å². The Morgan fingerprint density at radius 3 is 2.55 bits per heavy atom. The monoisotopic (exact) mass is 262 g/mol. The van der Waals surface area contributed by atoms with Crippen molar-refractivity contribution in [1.29, 1.82) is 0 Å². The number of rotatable bonds is 4. The highest BCUT2D eigenvalue weighted by Crippen LogP contribution is 2.24. The summed E-state index contributed by atoms with van der Waals surface area (Å²) >= 11 is 0. The molecule has 0 saturated carbocycles. The quantitative estimate of drug-likeness (QED) is 0.766. The van der Waals surface area contributed by atoms with E-state index in [0.717, 1.165) is 6.54 Å². The topological polar surface area (TPSA) is 24.9 Å². The Balaban J connectivity index is 1.80. The summed E-state index contributed by atoms with van der Waals surface area (Å²) in [4.78, 5) is 4.04. The van der Waals surface area contributed by atoms with Gasteiger partial charge in [-0.2, -0.15) is 0 Å². The molecule has 0 aliphatic carbocycles. The van der Waals surface area contributed by atoms with Crippen LogP contribution in [0.1, 0.15) is 24.1 Å². The van der Waals surface area contributed by atoms with E-state index in [9.17, 15) is 0 Å². The number of pyridine rings is 1. The van der Waals surface area contributed by atoms with Gasteiger partial charge in [-0.1, -0.05) is 42.5 Å². The second kappa shape index (κ2) is 5.85. The second-order valence-electron chi connectivity index (χ2n) is 5.03. The first-order valence-electron chi connectivity index (χ1n) is 6.94. The number of benzene rings is 2. The molecule has 0 saturated heterocycles. The predicted molar refractivity (Wildman–Crippen MR) is 83.4 cm³/mol. The van der Waals surface area contributed by atoms with Gasteiger partial charge in [0, 0.05) is 25.0 Å². The molecule has 0 aliphatic heterocycles. The SMILES string of the molecule is C[C@H](NCc1ccncc1)c1cccc2ccccc12. The fraction of sp³-hybridized carbons (Fsp3) is 0.167. The van der Waals surface area contributed by atoms with Crippen LogP contribution in [0.25, 0.3) is 10.8 Å². The molecular weight excluding hydrogens is 244 g/mol. The summed E-state index contributed by atoms with van der Waals surface area (Å²) in [5, 5.41) is 6.20. The van der Waals surface area contributed by atoms with E-state index in [2.05, 4.69) is 59.7 Å². The van der Waals surface area contributed by atoms with Gasteiger partial charge in [-0.05, 0) is 41.0 Å². The smallest absolute Gasteiger partial charge is 0.0301 e. The van der Waals surface area contributed by atoms with Crippen LogP contribution in [-0.2, 0) is 6.54 Å². The van der Waals surface area contributed by atoms with Gasteiger partial charge in [0.25, 0.3) is 0 Å². The summed E-state index contributed by atoms with van der Waals surface area (Å²) in [5.41, 5.74) is 2.60. The van der Waals surface area contributed by atoms with E-state index in [-0.39, 0.29) is 0 Å². The molecule has 0 bridgehead atoms. The Bertz CT molecular complexity index is 687. The number of hydrogen-bond donors (Lipinski definition) is 1. The van der Waals surface area contributed by atoms with Crippen molar-refractivity contribution in [3.8, 4) is 0 Å². The molecule has 3 rings (SSSR count). The van der Waals surface area contributed by atoms with E-state index in [0.29, 0.717) is 6.04 Å². The minimum atomic E-state index is 0.314. The number of aromatic nitrogens is 1. The summed E-state index contributed by atoms with van der Waals surface area (Å²) in [6.45, 7) is 3.07. The molecule has 3 aromatic rings. The summed E-state index contributed by atoms with van der Waals surface area (Å²) in [6.07, 6.45) is 3.67. The van der Waals surface area contributed by atoms with E-state index in [1.54, 1.807) is 0 Å². The van der Waals surface area contributed by atoms with Crippen molar-refractivity contribution in [3.05, 3.63) is 78.1 Å². The van der Waals surface area contributed by atoms with Crippen LogP contribution in [0.4, 0.5) is 0 Å². The first-order valence-corrected chi connectivity index (χ1v) is 6.94. The molecule has 1 atom stereocenters. The lowest BCUT2D eigenvalue weighted by molar-refractivity contribution is 0.578. The standard InChI is InChI=1S/C18H18N2/c1-14(20-13-15-9-11-19-12-10-15)17-8-4-6-16-5-2-3-7-18(16)17/h2-12,14,20H,13H2,1H3/t14-/m0/s1. The highest BCUT2D eigenvalue weighted by atomic mass is 14.9. The lowest BCUT2D eigenvalue weighted by Gasteiger charge is -2.16. The average Bonchev–Trinajstić information content (AvgIpc) is 2.53. The van der Waals surface area contributed by atoms with Crippen molar-refractivity contribution < 1.29 is 0 Å². The molecule has 1 aromatic heterocycles. The maximum Gasteiger partial charge on any atom is 0.0301 e. The Hall–Kier alpha value is -2.19. The van der Waals surface area contributed by atoms with Crippen molar-refractivity contribution in [3.63, 3.8) is 0 Å². The van der Waals surface area contributed by atoms with E-state index < -0.39 is 0 Å². The Morgan fingerprint density at radius 2 is 1.70 bits per heavy atom. The zero-order chi connectivity index (χ0) is 13.8. The lowest BCUT2D eigenvalue weighted by atomic mass is 9.99. The van der Waals surface area contributed by atoms with Gasteiger partial charge < -0.3 is 5.32 Å². The third-order valence-corrected chi connectivity index (χ3v) is 3.65. The van der Waals surface area contributed by atoms with Crippen molar-refractivity contribution in [2.75, 3.05) is 0 Å². The maximum absolute atomic E-state index is 4.04. The first kappa shape index (κ1) is 12.8. The molecule has 1 N–H and O–H groups in total. The Morgan fingerprint density at radius 1 is 0.950 bits per heavy atom. The largest absolute Gasteiger partial charge is 0.306 e. The zero-order valence-corrected chi connectivity index (χ0v) is 11.6. The van der Waals surface area contributed by atoms with Crippen LogP contribution in [0.2, 0.25) is 0 Å². The van der Waals surface area contributed by atoms with E-state index in [1.807, 2.05) is 24.5 Å². The van der Waals surface area contributed by atoms with Gasteiger partial charge in [0.2, 0.25) is 0 Å². The van der Waals surface area contributed by atoms with Crippen LogP contribution in [0.15, 0.2) is 67.0 Å². The molecule has 0 aliphatic rings. The van der Waals surface area contributed by atoms with Crippen LogP contribution < -0.4 is 5.32 Å². The van der Waals surface area contributed by atoms with Gasteiger partial charge in [-0.15, -0.1) is 0 Å². The van der Waals surface area contributed by atoms with Gasteiger partial charge in [-0.25, -0.2) is 0 Å². The minimum Gasteiger partial charge on any atom is -0.306 e. The molecular formula is C18H18N2. The van der Waals surface area contributed by atoms with Crippen molar-refractivity contribution in [1.82, 2.24) is 10.3 Å². The number of fused-ring (bicyclic) bond motifs is 1. The van der Waals surface area contributed by atoms with E-state index >= 15 is 0 Å². The van der Waals surface area contributed by atoms with E-state index in [4.69, 9.17) is 0 Å². The van der Waals surface area contributed by atoms with Crippen LogP contribution in [0, 0.1) is 0 Å². The molecule has 20 heavy (non-hydrogen) atoms. The summed E-state index contributed by atoms with van der Waals surface area (Å²) in [6, 6.07) is 19.4. The van der Waals surface area contributed by atoms with Crippen molar-refractivity contribution in [2.45, 2.75) is 19.5 Å². The van der Waals surface area contributed by atoms with Crippen molar-refractivity contribution >= 4 is 10.8 Å². The molecule has 1 heterocycles. The normalized spacial score (nSPS) is 12.4. The van der Waals surface area contributed by atoms with Crippen LogP contribution in [-0.4, -0.2) is 4.98 Å². The maximum atomic E-state index is 4.04. The molecule has 0 spiro atoms. The Labute approximate surface area is 119 Å². The van der Waals surface area contributed by atoms with Gasteiger partial charge in [-0.3, -0.25) is 4.98 Å². The number of hydrogen-bond acceptors (Lipinski definition) is 2. The highest BCUT2D eigenvalue weighted by molar-refractivity contribution is 5.86. The average molecular weight is 262 g/mol. The third kappa shape index (κ3) is 2.70. The van der Waals surface area contributed by atoms with Gasteiger partial charge >= 0.3 is 0 Å². The number of nitrogens with one attached hydrogen (secondary N) is 1. The summed E-state index contributed by atoms with van der Waals surface area (Å²) in [7, 11) is 0. The van der Waals surface area contributed by atoms with Crippen LogP contribution in [0.5, 0.6) is 0 Å². The summed E-state index contributed by atoms with van der Waals surface area (Å²) < 4.78 is 0. The van der Waals surface area contributed by atoms with Gasteiger partial charge in [0.1, 0.15) is 0 Å². The van der Waals surface area contributed by atoms with Crippen LogP contribution >= 0.6 is 0 Å². The molecule has 0 fully saturated rings. The van der Waals surface area contributed by atoms with Crippen molar-refractivity contribution in [2.24, 2.45) is 0 Å². The zero-order valence-electron chi connectivity index (χ0n) is 11.6. The lowest BCUT2D eigenvalue weighted by Crippen LogP contribution is -2.18. The minimum absolute atomic E-state index is 0.314. The summed E-state index contributed by atoms with van der Waals surface area (Å²) in [5.74, 6) is 0. The molecule has 2 aromatic carbocycles. The van der Waals surface area contributed by atoms with E-state index in [1.165, 1.54) is 21.9 Å². The van der Waals surface area contributed by atoms with Gasteiger partial charge in [0.15, 0.2) is 0 Å². The molecule has 0 radical (unpaired) electrons. The number of nitrogens with zero attached hydrogens (tertiary/aromatic N) is 1. The highest BCUT2D eigenvalue weighted by Gasteiger charge is 2.08.